The molecule has 2 aromatic carbocycles. The van der Waals surface area contributed by atoms with Gasteiger partial charge in [0.25, 0.3) is 0 Å². The molecule has 14 heteroatoms. The number of nitrogens with zero attached hydrogens (tertiary/aromatic N) is 2. The molecule has 0 aliphatic carbocycles. The molecule has 2 aromatic heterocycles. The largest absolute Gasteiger partial charge is 1.00 e. The molecule has 0 fully saturated rings. The van der Waals surface area contributed by atoms with E-state index in [4.69, 9.17) is 20.4 Å². The first-order valence-corrected chi connectivity index (χ1v) is 12.4. The monoisotopic (exact) mass is 658 g/mol. The van der Waals surface area contributed by atoms with E-state index < -0.39 is 0 Å². The Balaban J connectivity index is -0.000000286. The molecule has 44 heavy (non-hydrogen) atoms. The van der Waals surface area contributed by atoms with Crippen molar-refractivity contribution in [1.82, 2.24) is 0 Å². The van der Waals surface area contributed by atoms with Crippen LogP contribution in [0.3, 0.4) is 0 Å². The minimum atomic E-state index is -0.257. The van der Waals surface area contributed by atoms with E-state index in [9.17, 15) is 8.78 Å². The van der Waals surface area contributed by atoms with Crippen molar-refractivity contribution in [3.63, 3.8) is 0 Å². The van der Waals surface area contributed by atoms with Crippen LogP contribution in [0.2, 0.25) is 0 Å². The SMILES string of the molecule is C/C(=N\Nc1ccc(F)cc1)c1cccc[nH+]1.C/C(=N\Nc1ccc(F)cc1)c1cccc[nH+]1.CO.CO.CO.CO.[Cl-].[Cl-]. The van der Waals surface area contributed by atoms with Crippen molar-refractivity contribution in [2.45, 2.75) is 13.8 Å². The Morgan fingerprint density at radius 1 is 0.523 bits per heavy atom. The first-order chi connectivity index (χ1) is 20.5. The van der Waals surface area contributed by atoms with Gasteiger partial charge in [0.05, 0.1) is 11.4 Å². The lowest BCUT2D eigenvalue weighted by Crippen LogP contribution is -3.00. The van der Waals surface area contributed by atoms with Gasteiger partial charge >= 0.3 is 0 Å². The Kier molecular flexibility index (Phi) is 34.0. The Labute approximate surface area is 270 Å². The van der Waals surface area contributed by atoms with E-state index in [2.05, 4.69) is 31.0 Å². The molecule has 0 radical (unpaired) electrons. The van der Waals surface area contributed by atoms with Crippen molar-refractivity contribution in [2.24, 2.45) is 10.2 Å². The van der Waals surface area contributed by atoms with Gasteiger partial charge in [0, 0.05) is 52.7 Å². The summed E-state index contributed by atoms with van der Waals surface area (Å²) in [6, 6.07) is 23.7. The summed E-state index contributed by atoms with van der Waals surface area (Å²) in [5.41, 5.74) is 10.8. The molecule has 0 amide bonds. The molecule has 0 spiro atoms. The molecule has 0 atom stereocenters. The maximum atomic E-state index is 12.7. The number of benzene rings is 2. The van der Waals surface area contributed by atoms with E-state index in [0.717, 1.165) is 62.6 Å². The predicted octanol–water partition coefficient (Wildman–Crippen LogP) is -2.61. The van der Waals surface area contributed by atoms with E-state index in [1.807, 2.05) is 62.6 Å². The van der Waals surface area contributed by atoms with Gasteiger partial charge in [0.15, 0.2) is 12.4 Å². The van der Waals surface area contributed by atoms with Gasteiger partial charge < -0.3 is 45.2 Å². The van der Waals surface area contributed by atoms with Crippen LogP contribution >= 0.6 is 0 Å². The summed E-state index contributed by atoms with van der Waals surface area (Å²) in [6.45, 7) is 3.78. The second kappa shape index (κ2) is 31.9. The van der Waals surface area contributed by atoms with Gasteiger partial charge in [-0.3, -0.25) is 10.9 Å². The van der Waals surface area contributed by atoms with E-state index in [-0.39, 0.29) is 36.4 Å². The van der Waals surface area contributed by atoms with E-state index in [1.54, 1.807) is 24.3 Å². The van der Waals surface area contributed by atoms with E-state index in [0.29, 0.717) is 0 Å². The number of rotatable bonds is 6. The number of halogens is 4. The zero-order chi connectivity index (χ0) is 32.2. The Morgan fingerprint density at radius 3 is 1.07 bits per heavy atom. The molecule has 4 aromatic rings. The Morgan fingerprint density at radius 2 is 0.818 bits per heavy atom. The number of aromatic nitrogens is 2. The maximum absolute atomic E-state index is 12.7. The molecule has 244 valence electrons. The third-order valence-electron chi connectivity index (χ3n) is 4.59. The molecule has 8 N–H and O–H groups in total. The summed E-state index contributed by atoms with van der Waals surface area (Å²) < 4.78 is 25.4. The average Bonchev–Trinajstić information content (AvgIpc) is 3.08. The highest BCUT2D eigenvalue weighted by Crippen LogP contribution is 2.09. The van der Waals surface area contributed by atoms with Crippen LogP contribution in [0.25, 0.3) is 0 Å². The van der Waals surface area contributed by atoms with Crippen molar-refractivity contribution in [2.75, 3.05) is 39.3 Å². The normalized spacial score (nSPS) is 9.27. The fourth-order valence-electron chi connectivity index (χ4n) is 2.70. The second-order valence-electron chi connectivity index (χ2n) is 7.18. The number of H-pyrrole nitrogens is 2. The average molecular weight is 660 g/mol. The third kappa shape index (κ3) is 20.8. The Bertz CT molecular complexity index is 1140. The maximum Gasteiger partial charge on any atom is 0.226 e. The summed E-state index contributed by atoms with van der Waals surface area (Å²) in [7, 11) is 4.00. The standard InChI is InChI=1S/2C13H12FN3.4CH4O.2ClH/c2*1-10(13-4-2-3-9-15-13)16-17-12-7-5-11(14)6-8-12;4*1-2;;/h2*2-9,17H,1H3;4*2H,1H3;2*1H/b2*16-10+;;;;;;. The predicted molar refractivity (Wildman–Crippen MR) is 163 cm³/mol. The molecule has 2 heterocycles. The lowest BCUT2D eigenvalue weighted by molar-refractivity contribution is -0.380. The number of aliphatic hydroxyl groups excluding tert-OH is 4. The van der Waals surface area contributed by atoms with Crippen molar-refractivity contribution < 1.29 is 64.0 Å². The van der Waals surface area contributed by atoms with Crippen LogP contribution in [0.1, 0.15) is 25.2 Å². The minimum absolute atomic E-state index is 0. The van der Waals surface area contributed by atoms with Gasteiger partial charge in [-0.15, -0.1) is 0 Å². The fraction of sp³-hybridized carbons (Fsp3) is 0.200. The van der Waals surface area contributed by atoms with Gasteiger partial charge in [0.1, 0.15) is 23.1 Å². The van der Waals surface area contributed by atoms with E-state index in [1.165, 1.54) is 24.3 Å². The highest BCUT2D eigenvalue weighted by atomic mass is 35.5. The summed E-state index contributed by atoms with van der Waals surface area (Å²) >= 11 is 0. The molecule has 0 aliphatic heterocycles. The molecule has 4 rings (SSSR count). The van der Waals surface area contributed by atoms with Gasteiger partial charge in [0.2, 0.25) is 11.4 Å². The van der Waals surface area contributed by atoms with Gasteiger partial charge in [-0.2, -0.15) is 10.2 Å². The molecule has 0 saturated carbocycles. The zero-order valence-electron chi connectivity index (χ0n) is 25.4. The van der Waals surface area contributed by atoms with Gasteiger partial charge in [-0.25, -0.2) is 18.7 Å². The van der Waals surface area contributed by atoms with Crippen LogP contribution in [-0.4, -0.2) is 60.3 Å². The second-order valence-corrected chi connectivity index (χ2v) is 7.18. The number of aromatic amines is 2. The molecule has 0 unspecified atom stereocenters. The van der Waals surface area contributed by atoms with E-state index >= 15 is 0 Å². The van der Waals surface area contributed by atoms with Crippen molar-refractivity contribution >= 4 is 22.8 Å². The number of hydrazone groups is 2. The topological polar surface area (TPSA) is 158 Å². The van der Waals surface area contributed by atoms with Crippen LogP contribution in [0.5, 0.6) is 0 Å². The summed E-state index contributed by atoms with van der Waals surface area (Å²) in [5, 5.41) is 36.4. The van der Waals surface area contributed by atoms with Crippen LogP contribution < -0.4 is 45.6 Å². The lowest BCUT2D eigenvalue weighted by Gasteiger charge is -2.00. The molecule has 10 nitrogen and oxygen atoms in total. The first kappa shape index (κ1) is 46.9. The van der Waals surface area contributed by atoms with Crippen molar-refractivity contribution in [3.05, 3.63) is 120 Å². The molecule has 0 aliphatic rings. The number of aliphatic hydroxyl groups is 4. The van der Waals surface area contributed by atoms with Gasteiger partial charge in [-0.1, -0.05) is 0 Å². The first-order valence-electron chi connectivity index (χ1n) is 12.4. The quantitative estimate of drug-likeness (QED) is 0.0985. The molecular formula is C30H42Cl2F2N6O4. The van der Waals surface area contributed by atoms with Crippen LogP contribution in [0.15, 0.2) is 108 Å². The lowest BCUT2D eigenvalue weighted by atomic mass is 10.3. The number of hydrogen-bond donors (Lipinski definition) is 6. The van der Waals surface area contributed by atoms with Crippen LogP contribution in [0, 0.1) is 11.6 Å². The number of anilines is 2. The zero-order valence-corrected chi connectivity index (χ0v) is 26.9. The van der Waals surface area contributed by atoms with Crippen LogP contribution in [0.4, 0.5) is 20.2 Å². The molecule has 0 bridgehead atoms. The van der Waals surface area contributed by atoms with Crippen LogP contribution in [-0.2, 0) is 0 Å². The fourth-order valence-corrected chi connectivity index (χ4v) is 2.70. The summed E-state index contributed by atoms with van der Waals surface area (Å²) in [5.74, 6) is -0.514. The minimum Gasteiger partial charge on any atom is -1.00 e. The third-order valence-corrected chi connectivity index (χ3v) is 4.59. The smallest absolute Gasteiger partial charge is 0.226 e. The highest BCUT2D eigenvalue weighted by Gasteiger charge is 2.04. The number of pyridine rings is 2. The highest BCUT2D eigenvalue weighted by molar-refractivity contribution is 5.96. The summed E-state index contributed by atoms with van der Waals surface area (Å²) in [6.07, 6.45) is 3.68. The number of hydrogen-bond acceptors (Lipinski definition) is 8. The molecule has 0 saturated heterocycles. The molecular weight excluding hydrogens is 617 g/mol. The summed E-state index contributed by atoms with van der Waals surface area (Å²) in [4.78, 5) is 6.17. The van der Waals surface area contributed by atoms with Gasteiger partial charge in [-0.05, 0) is 74.5 Å². The van der Waals surface area contributed by atoms with Crippen molar-refractivity contribution in [1.29, 1.82) is 0 Å². The van der Waals surface area contributed by atoms with Crippen molar-refractivity contribution in [3.8, 4) is 0 Å². The Hall–Kier alpha value is -4.04. The number of nitrogens with one attached hydrogen (secondary N) is 4.